The SMILES string of the molecule is CC#CC1(O)N(Cc2cc(OC)cc(OC)c2)C(=O)N(CC)C12CCNCC2. The van der Waals surface area contributed by atoms with Crippen LogP contribution in [0.4, 0.5) is 4.79 Å². The van der Waals surface area contributed by atoms with E-state index in [-0.39, 0.29) is 12.6 Å². The monoisotopic (exact) mass is 387 g/mol. The Balaban J connectivity index is 2.06. The maximum atomic E-state index is 13.4. The maximum Gasteiger partial charge on any atom is 0.324 e. The molecule has 28 heavy (non-hydrogen) atoms. The van der Waals surface area contributed by atoms with Gasteiger partial charge in [-0.05, 0) is 63.4 Å². The number of piperidine rings is 1. The van der Waals surface area contributed by atoms with E-state index in [1.54, 1.807) is 32.1 Å². The van der Waals surface area contributed by atoms with Gasteiger partial charge in [-0.15, -0.1) is 5.92 Å². The summed E-state index contributed by atoms with van der Waals surface area (Å²) in [6.07, 6.45) is 1.30. The average Bonchev–Trinajstić information content (AvgIpc) is 2.87. The Bertz CT molecular complexity index is 772. The van der Waals surface area contributed by atoms with Crippen molar-refractivity contribution in [2.24, 2.45) is 0 Å². The van der Waals surface area contributed by atoms with Crippen LogP contribution in [0.3, 0.4) is 0 Å². The van der Waals surface area contributed by atoms with Crippen LogP contribution in [-0.2, 0) is 6.54 Å². The van der Waals surface area contributed by atoms with Gasteiger partial charge in [0, 0.05) is 12.6 Å². The molecule has 3 rings (SSSR count). The minimum atomic E-state index is -1.56. The number of carbonyl (C=O) groups excluding carboxylic acids is 1. The fraction of sp³-hybridized carbons (Fsp3) is 0.571. The lowest BCUT2D eigenvalue weighted by Gasteiger charge is -2.46. The second kappa shape index (κ2) is 7.90. The highest BCUT2D eigenvalue weighted by Gasteiger charge is 2.65. The number of likely N-dealkylation sites (N-methyl/N-ethyl adjacent to an activating group) is 1. The zero-order chi connectivity index (χ0) is 20.4. The van der Waals surface area contributed by atoms with Crippen LogP contribution in [0.25, 0.3) is 0 Å². The van der Waals surface area contributed by atoms with E-state index >= 15 is 0 Å². The fourth-order valence-electron chi connectivity index (χ4n) is 4.48. The molecule has 1 spiro atoms. The Hall–Kier alpha value is -2.43. The van der Waals surface area contributed by atoms with Crippen LogP contribution in [0.2, 0.25) is 0 Å². The normalized spacial score (nSPS) is 23.5. The number of nitrogens with zero attached hydrogens (tertiary/aromatic N) is 2. The molecule has 7 heteroatoms. The van der Waals surface area contributed by atoms with E-state index in [2.05, 4.69) is 17.2 Å². The number of methoxy groups -OCH3 is 2. The molecule has 1 aromatic rings. The summed E-state index contributed by atoms with van der Waals surface area (Å²) in [6.45, 7) is 5.84. The number of ether oxygens (including phenoxy) is 2. The number of hydrogen-bond acceptors (Lipinski definition) is 5. The van der Waals surface area contributed by atoms with Crippen LogP contribution in [0.15, 0.2) is 18.2 Å². The van der Waals surface area contributed by atoms with Crippen molar-refractivity contribution in [3.05, 3.63) is 23.8 Å². The Morgan fingerprint density at radius 1 is 1.14 bits per heavy atom. The summed E-state index contributed by atoms with van der Waals surface area (Å²) < 4.78 is 10.7. The first-order valence-electron chi connectivity index (χ1n) is 9.64. The van der Waals surface area contributed by atoms with Gasteiger partial charge in [-0.25, -0.2) is 4.79 Å². The topological polar surface area (TPSA) is 74.3 Å². The molecule has 0 saturated carbocycles. The van der Waals surface area contributed by atoms with E-state index in [4.69, 9.17) is 9.47 Å². The third-order valence-electron chi connectivity index (χ3n) is 5.82. The minimum Gasteiger partial charge on any atom is -0.497 e. The van der Waals surface area contributed by atoms with Gasteiger partial charge in [0.25, 0.3) is 0 Å². The molecule has 0 bridgehead atoms. The van der Waals surface area contributed by atoms with Gasteiger partial charge in [-0.1, -0.05) is 0 Å². The highest BCUT2D eigenvalue weighted by atomic mass is 16.5. The summed E-state index contributed by atoms with van der Waals surface area (Å²) >= 11 is 0. The highest BCUT2D eigenvalue weighted by molar-refractivity contribution is 5.81. The molecule has 2 amide bonds. The van der Waals surface area contributed by atoms with Gasteiger partial charge in [0.1, 0.15) is 17.0 Å². The van der Waals surface area contributed by atoms with Crippen LogP contribution in [-0.4, -0.2) is 66.1 Å². The predicted octanol–water partition coefficient (Wildman–Crippen LogP) is 1.80. The van der Waals surface area contributed by atoms with Crippen molar-refractivity contribution in [1.29, 1.82) is 0 Å². The zero-order valence-electron chi connectivity index (χ0n) is 17.0. The molecule has 1 aromatic carbocycles. The molecule has 152 valence electrons. The van der Waals surface area contributed by atoms with Gasteiger partial charge < -0.3 is 24.8 Å². The van der Waals surface area contributed by atoms with E-state index in [1.165, 1.54) is 4.90 Å². The summed E-state index contributed by atoms with van der Waals surface area (Å²) in [5.74, 6) is 7.11. The largest absolute Gasteiger partial charge is 0.497 e. The first-order valence-corrected chi connectivity index (χ1v) is 9.64. The van der Waals surface area contributed by atoms with Crippen molar-refractivity contribution in [2.45, 2.75) is 44.5 Å². The van der Waals surface area contributed by atoms with Crippen LogP contribution < -0.4 is 14.8 Å². The molecular formula is C21H29N3O4. The first kappa shape index (κ1) is 20.3. The van der Waals surface area contributed by atoms with Crippen molar-refractivity contribution in [2.75, 3.05) is 33.9 Å². The Labute approximate surface area is 166 Å². The van der Waals surface area contributed by atoms with Gasteiger partial charge in [0.15, 0.2) is 0 Å². The standard InChI is InChI=1S/C21H29N3O4/c1-5-7-21(26)20(8-10-22-11-9-20)23(6-2)19(25)24(21)15-16-12-17(27-3)14-18(13-16)28-4/h12-14,22,26H,6,8-11,15H2,1-4H3. The molecule has 0 radical (unpaired) electrons. The molecule has 1 atom stereocenters. The Morgan fingerprint density at radius 3 is 2.25 bits per heavy atom. The lowest BCUT2D eigenvalue weighted by Crippen LogP contribution is -2.64. The van der Waals surface area contributed by atoms with Gasteiger partial charge in [0.2, 0.25) is 5.72 Å². The summed E-state index contributed by atoms with van der Waals surface area (Å²) in [7, 11) is 3.17. The third-order valence-corrected chi connectivity index (χ3v) is 5.82. The maximum absolute atomic E-state index is 13.4. The van der Waals surface area contributed by atoms with E-state index in [0.29, 0.717) is 30.9 Å². The van der Waals surface area contributed by atoms with Crippen LogP contribution in [0, 0.1) is 11.8 Å². The number of aliphatic hydroxyl groups is 1. The lowest BCUT2D eigenvalue weighted by molar-refractivity contribution is -0.0985. The number of urea groups is 1. The van der Waals surface area contributed by atoms with E-state index in [9.17, 15) is 9.90 Å². The number of rotatable bonds is 5. The average molecular weight is 387 g/mol. The van der Waals surface area contributed by atoms with E-state index in [0.717, 1.165) is 18.7 Å². The fourth-order valence-corrected chi connectivity index (χ4v) is 4.48. The first-order chi connectivity index (χ1) is 13.5. The van der Waals surface area contributed by atoms with Crippen LogP contribution >= 0.6 is 0 Å². The van der Waals surface area contributed by atoms with Gasteiger partial charge in [-0.2, -0.15) is 0 Å². The predicted molar refractivity (Wildman–Crippen MR) is 106 cm³/mol. The van der Waals surface area contributed by atoms with Crippen molar-refractivity contribution in [3.8, 4) is 23.3 Å². The van der Waals surface area contributed by atoms with Crippen molar-refractivity contribution < 1.29 is 19.4 Å². The molecule has 0 aromatic heterocycles. The lowest BCUT2D eigenvalue weighted by atomic mass is 9.78. The van der Waals surface area contributed by atoms with Gasteiger partial charge in [-0.3, -0.25) is 4.90 Å². The van der Waals surface area contributed by atoms with E-state index < -0.39 is 11.3 Å². The zero-order valence-corrected chi connectivity index (χ0v) is 17.0. The molecule has 7 nitrogen and oxygen atoms in total. The Kier molecular flexibility index (Phi) is 5.73. The minimum absolute atomic E-state index is 0.198. The molecule has 0 aliphatic carbocycles. The molecule has 1 unspecified atom stereocenters. The molecule has 2 aliphatic rings. The van der Waals surface area contributed by atoms with Crippen molar-refractivity contribution in [1.82, 2.24) is 15.1 Å². The Morgan fingerprint density at radius 2 is 1.75 bits per heavy atom. The number of amides is 2. The second-order valence-electron chi connectivity index (χ2n) is 7.16. The number of hydrogen-bond donors (Lipinski definition) is 2. The molecular weight excluding hydrogens is 358 g/mol. The number of benzene rings is 1. The summed E-state index contributed by atoms with van der Waals surface area (Å²) in [5.41, 5.74) is -1.48. The smallest absolute Gasteiger partial charge is 0.324 e. The quantitative estimate of drug-likeness (QED) is 0.754. The molecule has 2 aliphatic heterocycles. The third kappa shape index (κ3) is 3.07. The summed E-state index contributed by atoms with van der Waals surface area (Å²) in [4.78, 5) is 16.6. The summed E-state index contributed by atoms with van der Waals surface area (Å²) in [5, 5.41) is 15.1. The van der Waals surface area contributed by atoms with Crippen LogP contribution in [0.1, 0.15) is 32.3 Å². The highest BCUT2D eigenvalue weighted by Crippen LogP contribution is 2.46. The van der Waals surface area contributed by atoms with E-state index in [1.807, 2.05) is 19.1 Å². The molecule has 2 fully saturated rings. The van der Waals surface area contributed by atoms with Crippen molar-refractivity contribution in [3.63, 3.8) is 0 Å². The molecule has 2 heterocycles. The number of carbonyl (C=O) groups is 1. The molecule has 2 N–H and O–H groups in total. The van der Waals surface area contributed by atoms with Gasteiger partial charge >= 0.3 is 6.03 Å². The molecule has 2 saturated heterocycles. The van der Waals surface area contributed by atoms with Crippen LogP contribution in [0.5, 0.6) is 11.5 Å². The van der Waals surface area contributed by atoms with Gasteiger partial charge in [0.05, 0.1) is 20.8 Å². The summed E-state index contributed by atoms with van der Waals surface area (Å²) in [6, 6.07) is 5.27. The van der Waals surface area contributed by atoms with Crippen molar-refractivity contribution >= 4 is 6.03 Å². The second-order valence-corrected chi connectivity index (χ2v) is 7.16. The number of nitrogens with one attached hydrogen (secondary N) is 1.